The maximum absolute atomic E-state index is 12.3. The lowest BCUT2D eigenvalue weighted by atomic mass is 10.1. The fraction of sp³-hybridized carbons (Fsp3) is 0.429. The molecule has 0 saturated carbocycles. The molecular formula is C14H17NO4. The van der Waals surface area contributed by atoms with E-state index in [9.17, 15) is 9.59 Å². The van der Waals surface area contributed by atoms with E-state index in [1.165, 1.54) is 0 Å². The van der Waals surface area contributed by atoms with Crippen molar-refractivity contribution in [2.24, 2.45) is 0 Å². The van der Waals surface area contributed by atoms with Crippen molar-refractivity contribution in [2.75, 3.05) is 18.1 Å². The van der Waals surface area contributed by atoms with Crippen LogP contribution in [0.5, 0.6) is 0 Å². The summed E-state index contributed by atoms with van der Waals surface area (Å²) in [5.41, 5.74) is 2.90. The van der Waals surface area contributed by atoms with Crippen molar-refractivity contribution in [1.29, 1.82) is 0 Å². The Morgan fingerprint density at radius 1 is 1.47 bits per heavy atom. The smallest absolute Gasteiger partial charge is 0.306 e. The number of benzene rings is 1. The van der Waals surface area contributed by atoms with Crippen molar-refractivity contribution < 1.29 is 19.4 Å². The third-order valence-electron chi connectivity index (χ3n) is 3.19. The van der Waals surface area contributed by atoms with E-state index in [0.29, 0.717) is 13.2 Å². The number of carbonyl (C=O) groups is 2. The van der Waals surface area contributed by atoms with Crippen molar-refractivity contribution >= 4 is 17.6 Å². The highest BCUT2D eigenvalue weighted by molar-refractivity contribution is 5.99. The standard InChI is InChI=1S/C14H17NO4/c1-9-3-4-10(2)11(7-9)15-5-6-19-12(14(15)18)8-13(16)17/h3-4,7,12H,5-6,8H2,1-2H3,(H,16,17). The number of anilines is 1. The highest BCUT2D eigenvalue weighted by Gasteiger charge is 2.32. The van der Waals surface area contributed by atoms with Crippen LogP contribution in [0.1, 0.15) is 17.5 Å². The summed E-state index contributed by atoms with van der Waals surface area (Å²) in [5.74, 6) is -1.30. The van der Waals surface area contributed by atoms with Crippen LogP contribution in [-0.4, -0.2) is 36.2 Å². The van der Waals surface area contributed by atoms with Crippen molar-refractivity contribution in [3.8, 4) is 0 Å². The number of hydrogen-bond donors (Lipinski definition) is 1. The van der Waals surface area contributed by atoms with E-state index in [2.05, 4.69) is 0 Å². The molecule has 1 aromatic rings. The first-order valence-electron chi connectivity index (χ1n) is 6.21. The van der Waals surface area contributed by atoms with Crippen LogP contribution in [0.2, 0.25) is 0 Å². The molecule has 1 aliphatic rings. The molecule has 19 heavy (non-hydrogen) atoms. The topological polar surface area (TPSA) is 66.8 Å². The number of morpholine rings is 1. The normalized spacial score (nSPS) is 19.6. The van der Waals surface area contributed by atoms with Gasteiger partial charge in [0.1, 0.15) is 6.10 Å². The molecule has 1 amide bonds. The van der Waals surface area contributed by atoms with Gasteiger partial charge in [0.15, 0.2) is 0 Å². The molecule has 1 N–H and O–H groups in total. The first kappa shape index (κ1) is 13.5. The number of carboxylic acids is 1. The maximum Gasteiger partial charge on any atom is 0.306 e. The number of carbonyl (C=O) groups excluding carboxylic acids is 1. The number of nitrogens with zero attached hydrogens (tertiary/aromatic N) is 1. The molecular weight excluding hydrogens is 246 g/mol. The van der Waals surface area contributed by atoms with E-state index in [1.54, 1.807) is 4.90 Å². The van der Waals surface area contributed by atoms with E-state index < -0.39 is 12.1 Å². The SMILES string of the molecule is Cc1ccc(C)c(N2CCOC(CC(=O)O)C2=O)c1. The Bertz CT molecular complexity index is 512. The fourth-order valence-corrected chi connectivity index (χ4v) is 2.20. The van der Waals surface area contributed by atoms with Crippen molar-refractivity contribution in [3.05, 3.63) is 29.3 Å². The van der Waals surface area contributed by atoms with Crippen LogP contribution in [0.4, 0.5) is 5.69 Å². The first-order chi connectivity index (χ1) is 8.99. The molecule has 1 unspecified atom stereocenters. The molecule has 0 aliphatic carbocycles. The summed E-state index contributed by atoms with van der Waals surface area (Å²) < 4.78 is 5.25. The minimum Gasteiger partial charge on any atom is -0.481 e. The molecule has 1 aliphatic heterocycles. The van der Waals surface area contributed by atoms with Crippen LogP contribution >= 0.6 is 0 Å². The highest BCUT2D eigenvalue weighted by Crippen LogP contribution is 2.25. The van der Waals surface area contributed by atoms with Gasteiger partial charge < -0.3 is 14.7 Å². The molecule has 0 spiro atoms. The van der Waals surface area contributed by atoms with Gasteiger partial charge in [0, 0.05) is 12.2 Å². The summed E-state index contributed by atoms with van der Waals surface area (Å²) in [6.07, 6.45) is -1.17. The number of rotatable bonds is 3. The van der Waals surface area contributed by atoms with Crippen molar-refractivity contribution in [3.63, 3.8) is 0 Å². The average Bonchev–Trinajstić information content (AvgIpc) is 2.35. The lowest BCUT2D eigenvalue weighted by molar-refractivity contribution is -0.147. The van der Waals surface area contributed by atoms with Gasteiger partial charge in [0.25, 0.3) is 5.91 Å². The monoisotopic (exact) mass is 263 g/mol. The van der Waals surface area contributed by atoms with Crippen molar-refractivity contribution in [2.45, 2.75) is 26.4 Å². The Morgan fingerprint density at radius 2 is 2.21 bits per heavy atom. The van der Waals surface area contributed by atoms with Crippen LogP contribution in [0.25, 0.3) is 0 Å². The Labute approximate surface area is 111 Å². The Hall–Kier alpha value is -1.88. The summed E-state index contributed by atoms with van der Waals surface area (Å²) in [6, 6.07) is 5.88. The Kier molecular flexibility index (Phi) is 3.85. The van der Waals surface area contributed by atoms with E-state index in [1.807, 2.05) is 32.0 Å². The van der Waals surface area contributed by atoms with Gasteiger partial charge in [-0.15, -0.1) is 0 Å². The molecule has 1 saturated heterocycles. The minimum absolute atomic E-state index is 0.276. The van der Waals surface area contributed by atoms with E-state index in [-0.39, 0.29) is 12.3 Å². The summed E-state index contributed by atoms with van der Waals surface area (Å²) in [6.45, 7) is 4.71. The maximum atomic E-state index is 12.3. The number of carboxylic acid groups (broad SMARTS) is 1. The summed E-state index contributed by atoms with van der Waals surface area (Å²) in [7, 11) is 0. The van der Waals surface area contributed by atoms with Crippen LogP contribution in [0.15, 0.2) is 18.2 Å². The highest BCUT2D eigenvalue weighted by atomic mass is 16.5. The van der Waals surface area contributed by atoms with Crippen LogP contribution in [0, 0.1) is 13.8 Å². The van der Waals surface area contributed by atoms with Gasteiger partial charge in [0.2, 0.25) is 0 Å². The zero-order valence-electron chi connectivity index (χ0n) is 11.0. The van der Waals surface area contributed by atoms with Crippen LogP contribution in [0.3, 0.4) is 0 Å². The molecule has 5 nitrogen and oxygen atoms in total. The van der Waals surface area contributed by atoms with Crippen LogP contribution < -0.4 is 4.90 Å². The zero-order valence-corrected chi connectivity index (χ0v) is 11.0. The second-order valence-electron chi connectivity index (χ2n) is 4.74. The van der Waals surface area contributed by atoms with Gasteiger partial charge in [-0.25, -0.2) is 0 Å². The first-order valence-corrected chi connectivity index (χ1v) is 6.21. The van der Waals surface area contributed by atoms with Gasteiger partial charge in [-0.3, -0.25) is 9.59 Å². The van der Waals surface area contributed by atoms with E-state index in [4.69, 9.17) is 9.84 Å². The third-order valence-corrected chi connectivity index (χ3v) is 3.19. The number of amides is 1. The molecule has 1 aromatic carbocycles. The lowest BCUT2D eigenvalue weighted by Crippen LogP contribution is -2.48. The molecule has 5 heteroatoms. The summed E-state index contributed by atoms with van der Waals surface area (Å²) >= 11 is 0. The second kappa shape index (κ2) is 5.40. The molecule has 0 aromatic heterocycles. The summed E-state index contributed by atoms with van der Waals surface area (Å²) in [5, 5.41) is 8.79. The lowest BCUT2D eigenvalue weighted by Gasteiger charge is -2.33. The minimum atomic E-state index is -1.03. The number of aryl methyl sites for hydroxylation is 2. The molecule has 0 radical (unpaired) electrons. The molecule has 0 bridgehead atoms. The van der Waals surface area contributed by atoms with E-state index in [0.717, 1.165) is 16.8 Å². The zero-order chi connectivity index (χ0) is 14.0. The number of ether oxygens (including phenoxy) is 1. The average molecular weight is 263 g/mol. The largest absolute Gasteiger partial charge is 0.481 e. The quantitative estimate of drug-likeness (QED) is 0.897. The predicted octanol–water partition coefficient (Wildman–Crippen LogP) is 1.51. The van der Waals surface area contributed by atoms with Gasteiger partial charge in [-0.2, -0.15) is 0 Å². The number of hydrogen-bond acceptors (Lipinski definition) is 3. The van der Waals surface area contributed by atoms with Gasteiger partial charge in [0.05, 0.1) is 13.0 Å². The van der Waals surface area contributed by atoms with Crippen LogP contribution in [-0.2, 0) is 14.3 Å². The number of aliphatic carboxylic acids is 1. The molecule has 1 heterocycles. The van der Waals surface area contributed by atoms with Gasteiger partial charge >= 0.3 is 5.97 Å². The molecule has 1 atom stereocenters. The Balaban J connectivity index is 2.26. The molecule has 2 rings (SSSR count). The predicted molar refractivity (Wildman–Crippen MR) is 70.3 cm³/mol. The second-order valence-corrected chi connectivity index (χ2v) is 4.74. The Morgan fingerprint density at radius 3 is 2.89 bits per heavy atom. The molecule has 1 fully saturated rings. The van der Waals surface area contributed by atoms with Gasteiger partial charge in [-0.1, -0.05) is 12.1 Å². The summed E-state index contributed by atoms with van der Waals surface area (Å²) in [4.78, 5) is 24.6. The fourth-order valence-electron chi connectivity index (χ4n) is 2.20. The third kappa shape index (κ3) is 2.93. The van der Waals surface area contributed by atoms with Crippen molar-refractivity contribution in [1.82, 2.24) is 0 Å². The van der Waals surface area contributed by atoms with Gasteiger partial charge in [-0.05, 0) is 31.0 Å². The molecule has 102 valence electrons. The van der Waals surface area contributed by atoms with E-state index >= 15 is 0 Å².